The summed E-state index contributed by atoms with van der Waals surface area (Å²) < 4.78 is 34.3. The van der Waals surface area contributed by atoms with Crippen LogP contribution in [0, 0.1) is 5.82 Å². The Morgan fingerprint density at radius 3 is 2.56 bits per heavy atom. The number of ether oxygens (including phenoxy) is 3. The molecule has 212 valence electrons. The van der Waals surface area contributed by atoms with Gasteiger partial charge >= 0.3 is 12.0 Å². The molecule has 0 unspecified atom stereocenters. The number of allylic oxidation sites excluding steroid dienone is 1. The van der Waals surface area contributed by atoms with Gasteiger partial charge in [0.05, 0.1) is 20.8 Å². The topological polar surface area (TPSA) is 136 Å². The van der Waals surface area contributed by atoms with Gasteiger partial charge in [-0.05, 0) is 66.6 Å². The molecule has 11 nitrogen and oxygen atoms in total. The smallest absolute Gasteiger partial charge is 0.373 e. The molecule has 12 heteroatoms. The lowest BCUT2D eigenvalue weighted by Gasteiger charge is -2.16. The molecule has 2 N–H and O–H groups in total. The zero-order valence-corrected chi connectivity index (χ0v) is 22.2. The Morgan fingerprint density at radius 1 is 1.12 bits per heavy atom. The number of amides is 4. The van der Waals surface area contributed by atoms with Gasteiger partial charge in [-0.25, -0.2) is 14.0 Å². The summed E-state index contributed by atoms with van der Waals surface area (Å²) in [4.78, 5) is 50.5. The second-order valence-electron chi connectivity index (χ2n) is 8.68. The fourth-order valence-corrected chi connectivity index (χ4v) is 3.97. The van der Waals surface area contributed by atoms with Crippen LogP contribution >= 0.6 is 0 Å². The van der Waals surface area contributed by atoms with Gasteiger partial charge in [0, 0.05) is 11.3 Å². The molecule has 41 heavy (non-hydrogen) atoms. The standard InChI is InChI=1S/C29H26FN3O8/c1-4-5-18-12-17(14-24(38-2)26(18)40-16-25(34)31-20-8-6-19(30)7-9-20)13-22-27(35)33(29(37)32-22)15-21-10-11-23(41-21)28(36)39-3/h4,6-14H,1,5,15-16H2,2-3H3,(H,31,34)(H,32,37)/b22-13-. The third kappa shape index (κ3) is 6.79. The lowest BCUT2D eigenvalue weighted by molar-refractivity contribution is -0.123. The Bertz CT molecular complexity index is 1530. The summed E-state index contributed by atoms with van der Waals surface area (Å²) in [5, 5.41) is 5.15. The molecule has 1 aliphatic heterocycles. The van der Waals surface area contributed by atoms with Crippen molar-refractivity contribution in [3.05, 3.63) is 95.3 Å². The van der Waals surface area contributed by atoms with E-state index in [1.807, 2.05) is 0 Å². The van der Waals surface area contributed by atoms with Gasteiger partial charge in [-0.15, -0.1) is 6.58 Å². The average Bonchev–Trinajstić information content (AvgIpc) is 3.53. The SMILES string of the molecule is C=CCc1cc(/C=C2\NC(=O)N(Cc3ccc(C(=O)OC)o3)C2=O)cc(OC)c1OCC(=O)Nc1ccc(F)cc1. The lowest BCUT2D eigenvalue weighted by atomic mass is 10.0. The van der Waals surface area contributed by atoms with Crippen LogP contribution in [0.15, 0.2) is 71.3 Å². The minimum absolute atomic E-state index is 0.00805. The van der Waals surface area contributed by atoms with E-state index >= 15 is 0 Å². The Morgan fingerprint density at radius 2 is 1.88 bits per heavy atom. The number of imide groups is 1. The van der Waals surface area contributed by atoms with E-state index < -0.39 is 29.6 Å². The summed E-state index contributed by atoms with van der Waals surface area (Å²) in [6.45, 7) is 3.20. The molecule has 1 saturated heterocycles. The fraction of sp³-hybridized carbons (Fsp3) is 0.172. The molecule has 4 rings (SSSR count). The molecule has 1 aliphatic rings. The normalized spacial score (nSPS) is 13.6. The van der Waals surface area contributed by atoms with Crippen molar-refractivity contribution in [2.45, 2.75) is 13.0 Å². The quantitative estimate of drug-likeness (QED) is 0.154. The van der Waals surface area contributed by atoms with Crippen LogP contribution in [0.3, 0.4) is 0 Å². The molecule has 0 aliphatic carbocycles. The van der Waals surface area contributed by atoms with Crippen LogP contribution in [-0.2, 0) is 27.3 Å². The summed E-state index contributed by atoms with van der Waals surface area (Å²) in [5.41, 5.74) is 1.54. The Balaban J connectivity index is 1.51. The summed E-state index contributed by atoms with van der Waals surface area (Å²) in [7, 11) is 2.63. The third-order valence-electron chi connectivity index (χ3n) is 5.85. The zero-order chi connectivity index (χ0) is 29.5. The number of esters is 1. The number of carbonyl (C=O) groups is 4. The molecule has 0 saturated carbocycles. The third-order valence-corrected chi connectivity index (χ3v) is 5.85. The predicted molar refractivity (Wildman–Crippen MR) is 145 cm³/mol. The average molecular weight is 564 g/mol. The van der Waals surface area contributed by atoms with Crippen LogP contribution in [0.25, 0.3) is 6.08 Å². The number of halogens is 1. The number of carbonyl (C=O) groups excluding carboxylic acids is 4. The van der Waals surface area contributed by atoms with Gasteiger partial charge in [0.2, 0.25) is 5.76 Å². The zero-order valence-electron chi connectivity index (χ0n) is 22.2. The molecule has 0 radical (unpaired) electrons. The number of anilines is 1. The summed E-state index contributed by atoms with van der Waals surface area (Å²) in [6.07, 6.45) is 3.45. The molecular weight excluding hydrogens is 537 g/mol. The second-order valence-corrected chi connectivity index (χ2v) is 8.68. The van der Waals surface area contributed by atoms with Crippen molar-refractivity contribution in [3.8, 4) is 11.5 Å². The van der Waals surface area contributed by atoms with Crippen LogP contribution in [0.2, 0.25) is 0 Å². The minimum Gasteiger partial charge on any atom is -0.493 e. The molecular formula is C29H26FN3O8. The van der Waals surface area contributed by atoms with Crippen molar-refractivity contribution < 1.29 is 42.2 Å². The van der Waals surface area contributed by atoms with E-state index in [2.05, 4.69) is 21.9 Å². The van der Waals surface area contributed by atoms with Crippen LogP contribution < -0.4 is 20.1 Å². The van der Waals surface area contributed by atoms with Crippen LogP contribution in [0.4, 0.5) is 14.9 Å². The van der Waals surface area contributed by atoms with Gasteiger partial charge < -0.3 is 29.3 Å². The van der Waals surface area contributed by atoms with E-state index in [0.29, 0.717) is 29.0 Å². The molecule has 4 amide bonds. The van der Waals surface area contributed by atoms with Gasteiger partial charge in [-0.1, -0.05) is 6.08 Å². The van der Waals surface area contributed by atoms with Crippen molar-refractivity contribution in [3.63, 3.8) is 0 Å². The maximum Gasteiger partial charge on any atom is 0.373 e. The molecule has 0 atom stereocenters. The van der Waals surface area contributed by atoms with E-state index in [0.717, 1.165) is 4.90 Å². The molecule has 3 aromatic rings. The minimum atomic E-state index is -0.681. The molecule has 0 bridgehead atoms. The monoisotopic (exact) mass is 563 g/mol. The summed E-state index contributed by atoms with van der Waals surface area (Å²) in [5.74, 6) is -1.43. The number of urea groups is 1. The number of nitrogens with zero attached hydrogens (tertiary/aromatic N) is 1. The Hall–Kier alpha value is -5.39. The van der Waals surface area contributed by atoms with Gasteiger partial charge in [0.15, 0.2) is 18.1 Å². The fourth-order valence-electron chi connectivity index (χ4n) is 3.97. The molecule has 1 aromatic heterocycles. The van der Waals surface area contributed by atoms with Crippen molar-refractivity contribution in [1.29, 1.82) is 0 Å². The van der Waals surface area contributed by atoms with Gasteiger partial charge in [0.25, 0.3) is 11.8 Å². The predicted octanol–water partition coefficient (Wildman–Crippen LogP) is 4.05. The molecule has 1 fully saturated rings. The molecule has 2 aromatic carbocycles. The Kier molecular flexibility index (Phi) is 8.82. The summed E-state index contributed by atoms with van der Waals surface area (Å²) >= 11 is 0. The van der Waals surface area contributed by atoms with Crippen LogP contribution in [-0.4, -0.2) is 49.5 Å². The first-order valence-electron chi connectivity index (χ1n) is 12.2. The number of rotatable bonds is 11. The summed E-state index contributed by atoms with van der Waals surface area (Å²) in [6, 6.07) is 10.8. The number of methoxy groups -OCH3 is 2. The maximum atomic E-state index is 13.1. The maximum absolute atomic E-state index is 13.1. The number of nitrogens with one attached hydrogen (secondary N) is 2. The van der Waals surface area contributed by atoms with Crippen molar-refractivity contribution in [1.82, 2.24) is 10.2 Å². The highest BCUT2D eigenvalue weighted by Crippen LogP contribution is 2.34. The van der Waals surface area contributed by atoms with Crippen LogP contribution in [0.1, 0.15) is 27.4 Å². The molecule has 2 heterocycles. The number of hydrogen-bond acceptors (Lipinski definition) is 8. The largest absolute Gasteiger partial charge is 0.493 e. The van der Waals surface area contributed by atoms with E-state index in [4.69, 9.17) is 13.9 Å². The van der Waals surface area contributed by atoms with Gasteiger partial charge in [-0.3, -0.25) is 14.5 Å². The molecule has 0 spiro atoms. The van der Waals surface area contributed by atoms with E-state index in [9.17, 15) is 23.6 Å². The van der Waals surface area contributed by atoms with Gasteiger partial charge in [-0.2, -0.15) is 0 Å². The first kappa shape index (κ1) is 28.6. The van der Waals surface area contributed by atoms with Crippen molar-refractivity contribution in [2.75, 3.05) is 26.1 Å². The highest BCUT2D eigenvalue weighted by atomic mass is 19.1. The lowest BCUT2D eigenvalue weighted by Crippen LogP contribution is -2.30. The van der Waals surface area contributed by atoms with E-state index in [-0.39, 0.29) is 36.1 Å². The van der Waals surface area contributed by atoms with Crippen LogP contribution in [0.5, 0.6) is 11.5 Å². The number of benzene rings is 2. The Labute approximate surface area is 234 Å². The highest BCUT2D eigenvalue weighted by Gasteiger charge is 2.34. The second kappa shape index (κ2) is 12.6. The number of hydrogen-bond donors (Lipinski definition) is 2. The first-order chi connectivity index (χ1) is 19.7. The number of furan rings is 1. The first-order valence-corrected chi connectivity index (χ1v) is 12.2. The van der Waals surface area contributed by atoms with Crippen molar-refractivity contribution >= 4 is 35.6 Å². The highest BCUT2D eigenvalue weighted by molar-refractivity contribution is 6.13. The van der Waals surface area contributed by atoms with Gasteiger partial charge in [0.1, 0.15) is 17.3 Å². The van der Waals surface area contributed by atoms with E-state index in [1.54, 1.807) is 18.2 Å². The van der Waals surface area contributed by atoms with E-state index in [1.165, 1.54) is 56.7 Å². The van der Waals surface area contributed by atoms with Crippen molar-refractivity contribution in [2.24, 2.45) is 0 Å².